The van der Waals surface area contributed by atoms with E-state index in [0.29, 0.717) is 0 Å². The van der Waals surface area contributed by atoms with E-state index in [0.717, 1.165) is 22.4 Å². The zero-order valence-electron chi connectivity index (χ0n) is 8.29. The largest absolute Gasteiger partial charge is 0.493 e. The molecule has 0 aliphatic rings. The maximum absolute atomic E-state index is 5.19. The maximum Gasteiger partial charge on any atom is 0.161 e. The molecule has 76 valence electrons. The van der Waals surface area contributed by atoms with Crippen LogP contribution in [0.2, 0.25) is 0 Å². The lowest BCUT2D eigenvalue weighted by molar-refractivity contribution is 0.355. The highest BCUT2D eigenvalue weighted by Gasteiger charge is 2.01. The van der Waals surface area contributed by atoms with Gasteiger partial charge < -0.3 is 9.47 Å². The van der Waals surface area contributed by atoms with Crippen LogP contribution in [0.15, 0.2) is 24.3 Å². The average Bonchev–Trinajstić information content (AvgIpc) is 2.25. The lowest BCUT2D eigenvalue weighted by Gasteiger charge is -2.07. The number of rotatable bonds is 4. The first-order chi connectivity index (χ1) is 6.81. The third-order valence-electron chi connectivity index (χ3n) is 1.81. The van der Waals surface area contributed by atoms with Crippen molar-refractivity contribution in [2.45, 2.75) is 0 Å². The van der Waals surface area contributed by atoms with Crippen molar-refractivity contribution >= 4 is 22.0 Å². The van der Waals surface area contributed by atoms with Crippen LogP contribution in [0.1, 0.15) is 5.56 Å². The van der Waals surface area contributed by atoms with E-state index in [1.54, 1.807) is 14.2 Å². The van der Waals surface area contributed by atoms with Gasteiger partial charge in [-0.05, 0) is 17.7 Å². The number of hydrogen-bond acceptors (Lipinski definition) is 2. The Morgan fingerprint density at radius 2 is 1.93 bits per heavy atom. The van der Waals surface area contributed by atoms with Gasteiger partial charge >= 0.3 is 0 Å². The first-order valence-electron chi connectivity index (χ1n) is 4.26. The van der Waals surface area contributed by atoms with Gasteiger partial charge in [-0.25, -0.2) is 0 Å². The van der Waals surface area contributed by atoms with Crippen LogP contribution in [0.5, 0.6) is 11.5 Å². The van der Waals surface area contributed by atoms with Crippen molar-refractivity contribution in [1.82, 2.24) is 0 Å². The molecule has 0 radical (unpaired) electrons. The van der Waals surface area contributed by atoms with E-state index in [4.69, 9.17) is 9.47 Å². The molecule has 0 N–H and O–H groups in total. The van der Waals surface area contributed by atoms with Crippen LogP contribution in [-0.4, -0.2) is 19.5 Å². The van der Waals surface area contributed by atoms with E-state index >= 15 is 0 Å². The Bertz CT molecular complexity index is 321. The lowest BCUT2D eigenvalue weighted by atomic mass is 10.2. The molecule has 1 aromatic carbocycles. The summed E-state index contributed by atoms with van der Waals surface area (Å²) in [6.45, 7) is 0. The molecule has 0 atom stereocenters. The van der Waals surface area contributed by atoms with E-state index in [1.165, 1.54) is 0 Å². The van der Waals surface area contributed by atoms with Gasteiger partial charge in [-0.2, -0.15) is 0 Å². The Kier molecular flexibility index (Phi) is 4.53. The molecule has 0 bridgehead atoms. The number of ether oxygens (including phenoxy) is 2. The van der Waals surface area contributed by atoms with E-state index in [-0.39, 0.29) is 0 Å². The molecular weight excluding hydrogens is 244 g/mol. The number of hydrogen-bond donors (Lipinski definition) is 0. The Balaban J connectivity index is 2.95. The minimum Gasteiger partial charge on any atom is -0.493 e. The monoisotopic (exact) mass is 256 g/mol. The molecular formula is C11H13BrO2. The van der Waals surface area contributed by atoms with Gasteiger partial charge in [0, 0.05) is 5.33 Å². The summed E-state index contributed by atoms with van der Waals surface area (Å²) in [5.74, 6) is 1.51. The number of alkyl halides is 1. The molecule has 0 saturated heterocycles. The van der Waals surface area contributed by atoms with Crippen molar-refractivity contribution in [3.8, 4) is 11.5 Å². The third kappa shape index (κ3) is 2.77. The fourth-order valence-electron chi connectivity index (χ4n) is 1.14. The predicted octanol–water partition coefficient (Wildman–Crippen LogP) is 3.11. The normalized spacial score (nSPS) is 10.5. The second-order valence-corrected chi connectivity index (χ2v) is 3.32. The van der Waals surface area contributed by atoms with E-state index in [2.05, 4.69) is 15.9 Å². The molecule has 0 aliphatic carbocycles. The predicted molar refractivity (Wildman–Crippen MR) is 62.4 cm³/mol. The quantitative estimate of drug-likeness (QED) is 0.771. The molecule has 1 aromatic rings. The number of halogens is 1. The van der Waals surface area contributed by atoms with Crippen molar-refractivity contribution in [3.05, 3.63) is 29.8 Å². The van der Waals surface area contributed by atoms with Crippen molar-refractivity contribution in [1.29, 1.82) is 0 Å². The van der Waals surface area contributed by atoms with Crippen molar-refractivity contribution in [2.75, 3.05) is 19.5 Å². The molecule has 0 aliphatic heterocycles. The molecule has 3 heteroatoms. The van der Waals surface area contributed by atoms with Gasteiger partial charge in [0.1, 0.15) is 0 Å². The summed E-state index contributed by atoms with van der Waals surface area (Å²) in [6.07, 6.45) is 4.05. The molecule has 1 rings (SSSR count). The SMILES string of the molecule is COc1ccc(C=CCBr)cc1OC. The van der Waals surface area contributed by atoms with Crippen molar-refractivity contribution in [2.24, 2.45) is 0 Å². The van der Waals surface area contributed by atoms with E-state index in [1.807, 2.05) is 30.4 Å². The van der Waals surface area contributed by atoms with Crippen LogP contribution in [0.4, 0.5) is 0 Å². The van der Waals surface area contributed by atoms with Crippen LogP contribution in [0.3, 0.4) is 0 Å². The summed E-state index contributed by atoms with van der Waals surface area (Å²) in [4.78, 5) is 0. The molecule has 0 heterocycles. The van der Waals surface area contributed by atoms with Gasteiger partial charge in [0.15, 0.2) is 11.5 Å². The fourth-order valence-corrected chi connectivity index (χ4v) is 1.32. The molecule has 0 spiro atoms. The number of benzene rings is 1. The Morgan fingerprint density at radius 3 is 2.50 bits per heavy atom. The molecule has 0 unspecified atom stereocenters. The second-order valence-electron chi connectivity index (χ2n) is 2.67. The highest BCUT2D eigenvalue weighted by molar-refractivity contribution is 9.09. The summed E-state index contributed by atoms with van der Waals surface area (Å²) in [5.41, 5.74) is 1.10. The van der Waals surface area contributed by atoms with Crippen LogP contribution in [0.25, 0.3) is 6.08 Å². The number of allylic oxidation sites excluding steroid dienone is 1. The topological polar surface area (TPSA) is 18.5 Å². The van der Waals surface area contributed by atoms with Crippen molar-refractivity contribution in [3.63, 3.8) is 0 Å². The zero-order valence-corrected chi connectivity index (χ0v) is 9.87. The lowest BCUT2D eigenvalue weighted by Crippen LogP contribution is -1.90. The smallest absolute Gasteiger partial charge is 0.161 e. The Hall–Kier alpha value is -0.960. The van der Waals surface area contributed by atoms with Gasteiger partial charge in [-0.1, -0.05) is 34.1 Å². The molecule has 0 saturated carbocycles. The summed E-state index contributed by atoms with van der Waals surface area (Å²) < 4.78 is 10.3. The van der Waals surface area contributed by atoms with Gasteiger partial charge in [-0.3, -0.25) is 0 Å². The summed E-state index contributed by atoms with van der Waals surface area (Å²) >= 11 is 3.33. The second kappa shape index (κ2) is 5.70. The van der Waals surface area contributed by atoms with Gasteiger partial charge in [0.2, 0.25) is 0 Å². The van der Waals surface area contributed by atoms with E-state index in [9.17, 15) is 0 Å². The average molecular weight is 257 g/mol. The highest BCUT2D eigenvalue weighted by Crippen LogP contribution is 2.27. The molecule has 14 heavy (non-hydrogen) atoms. The molecule has 0 fully saturated rings. The minimum atomic E-state index is 0.753. The zero-order chi connectivity index (χ0) is 10.4. The Labute approximate surface area is 92.7 Å². The summed E-state index contributed by atoms with van der Waals surface area (Å²) in [5, 5.41) is 0.849. The van der Waals surface area contributed by atoms with Crippen molar-refractivity contribution < 1.29 is 9.47 Å². The van der Waals surface area contributed by atoms with Crippen LogP contribution in [-0.2, 0) is 0 Å². The molecule has 0 aromatic heterocycles. The van der Waals surface area contributed by atoms with Gasteiger partial charge in [0.25, 0.3) is 0 Å². The maximum atomic E-state index is 5.19. The standard InChI is InChI=1S/C11H13BrO2/c1-13-10-6-5-9(4-3-7-12)8-11(10)14-2/h3-6,8H,7H2,1-2H3. The molecule has 2 nitrogen and oxygen atoms in total. The summed E-state index contributed by atoms with van der Waals surface area (Å²) in [6, 6.07) is 5.82. The van der Waals surface area contributed by atoms with Crippen LogP contribution >= 0.6 is 15.9 Å². The third-order valence-corrected chi connectivity index (χ3v) is 2.18. The number of methoxy groups -OCH3 is 2. The molecule has 0 amide bonds. The van der Waals surface area contributed by atoms with Gasteiger partial charge in [-0.15, -0.1) is 0 Å². The van der Waals surface area contributed by atoms with Gasteiger partial charge in [0.05, 0.1) is 14.2 Å². The van der Waals surface area contributed by atoms with Crippen LogP contribution in [0, 0.1) is 0 Å². The van der Waals surface area contributed by atoms with E-state index < -0.39 is 0 Å². The summed E-state index contributed by atoms with van der Waals surface area (Å²) in [7, 11) is 3.27. The first-order valence-corrected chi connectivity index (χ1v) is 5.38. The highest BCUT2D eigenvalue weighted by atomic mass is 79.9. The Morgan fingerprint density at radius 1 is 1.21 bits per heavy atom. The fraction of sp³-hybridized carbons (Fsp3) is 0.273. The first kappa shape index (κ1) is 11.1. The minimum absolute atomic E-state index is 0.753. The van der Waals surface area contributed by atoms with Crippen LogP contribution < -0.4 is 9.47 Å².